The molecule has 1 aliphatic carbocycles. The standard InChI is InChI=1S/C15H22N2O/c1-11(12-6-3-2-4-7-12)17-15(18)13-8-5-9-14(16)10-13/h5,8-12H,2-4,6-7,16H2,1H3,(H,17,18)/t11-/m1/s1. The summed E-state index contributed by atoms with van der Waals surface area (Å²) in [6.07, 6.45) is 6.40. The molecule has 0 heterocycles. The van der Waals surface area contributed by atoms with Gasteiger partial charge in [0.05, 0.1) is 0 Å². The van der Waals surface area contributed by atoms with Crippen LogP contribution in [0, 0.1) is 5.92 Å². The second-order valence-electron chi connectivity index (χ2n) is 5.29. The van der Waals surface area contributed by atoms with Crippen LogP contribution in [0.4, 0.5) is 5.69 Å². The molecule has 98 valence electrons. The molecule has 0 saturated heterocycles. The zero-order valence-electron chi connectivity index (χ0n) is 11.0. The molecule has 0 radical (unpaired) electrons. The van der Waals surface area contributed by atoms with Crippen molar-refractivity contribution in [3.05, 3.63) is 29.8 Å². The van der Waals surface area contributed by atoms with E-state index in [0.717, 1.165) is 0 Å². The topological polar surface area (TPSA) is 55.1 Å². The SMILES string of the molecule is C[C@@H](NC(=O)c1cccc(N)c1)C1CCCCC1. The third kappa shape index (κ3) is 3.25. The van der Waals surface area contributed by atoms with Crippen LogP contribution in [-0.2, 0) is 0 Å². The van der Waals surface area contributed by atoms with Gasteiger partial charge >= 0.3 is 0 Å². The van der Waals surface area contributed by atoms with Crippen molar-refractivity contribution >= 4 is 11.6 Å². The van der Waals surface area contributed by atoms with Crippen LogP contribution in [0.25, 0.3) is 0 Å². The van der Waals surface area contributed by atoms with E-state index < -0.39 is 0 Å². The van der Waals surface area contributed by atoms with Gasteiger partial charge in [0.15, 0.2) is 0 Å². The van der Waals surface area contributed by atoms with Crippen molar-refractivity contribution in [3.63, 3.8) is 0 Å². The fourth-order valence-corrected chi connectivity index (χ4v) is 2.72. The maximum Gasteiger partial charge on any atom is 0.251 e. The van der Waals surface area contributed by atoms with Crippen molar-refractivity contribution in [1.29, 1.82) is 0 Å². The zero-order chi connectivity index (χ0) is 13.0. The molecule has 1 aliphatic rings. The second-order valence-corrected chi connectivity index (χ2v) is 5.29. The fraction of sp³-hybridized carbons (Fsp3) is 0.533. The highest BCUT2D eigenvalue weighted by molar-refractivity contribution is 5.95. The number of rotatable bonds is 3. The van der Waals surface area contributed by atoms with Gasteiger partial charge in [-0.25, -0.2) is 0 Å². The van der Waals surface area contributed by atoms with Gasteiger partial charge in [-0.1, -0.05) is 25.3 Å². The number of carbonyl (C=O) groups excluding carboxylic acids is 1. The molecule has 3 heteroatoms. The monoisotopic (exact) mass is 246 g/mol. The lowest BCUT2D eigenvalue weighted by molar-refractivity contribution is 0.0919. The van der Waals surface area contributed by atoms with Crippen LogP contribution in [0.5, 0.6) is 0 Å². The molecule has 1 fully saturated rings. The Morgan fingerprint density at radius 3 is 2.72 bits per heavy atom. The first-order valence-electron chi connectivity index (χ1n) is 6.83. The fourth-order valence-electron chi connectivity index (χ4n) is 2.72. The third-order valence-corrected chi connectivity index (χ3v) is 3.86. The first-order valence-corrected chi connectivity index (χ1v) is 6.83. The molecule has 1 atom stereocenters. The first kappa shape index (κ1) is 12.9. The molecule has 18 heavy (non-hydrogen) atoms. The van der Waals surface area contributed by atoms with Gasteiger partial charge in [-0.15, -0.1) is 0 Å². The van der Waals surface area contributed by atoms with E-state index in [1.807, 2.05) is 6.07 Å². The summed E-state index contributed by atoms with van der Waals surface area (Å²) in [7, 11) is 0. The maximum atomic E-state index is 12.1. The normalized spacial score (nSPS) is 18.3. The van der Waals surface area contributed by atoms with E-state index in [9.17, 15) is 4.79 Å². The Balaban J connectivity index is 1.94. The van der Waals surface area contributed by atoms with Crippen molar-refractivity contribution in [1.82, 2.24) is 5.32 Å². The summed E-state index contributed by atoms with van der Waals surface area (Å²) in [6.45, 7) is 2.11. The number of nitrogen functional groups attached to an aromatic ring is 1. The van der Waals surface area contributed by atoms with E-state index in [0.29, 0.717) is 17.2 Å². The van der Waals surface area contributed by atoms with Crippen LogP contribution in [0.3, 0.4) is 0 Å². The molecular formula is C15H22N2O. The van der Waals surface area contributed by atoms with E-state index in [1.165, 1.54) is 32.1 Å². The molecule has 3 N–H and O–H groups in total. The molecular weight excluding hydrogens is 224 g/mol. The minimum Gasteiger partial charge on any atom is -0.399 e. The Labute approximate surface area is 109 Å². The molecule has 3 nitrogen and oxygen atoms in total. The molecule has 1 aromatic carbocycles. The van der Waals surface area contributed by atoms with Gasteiger partial charge in [0.25, 0.3) is 5.91 Å². The summed E-state index contributed by atoms with van der Waals surface area (Å²) in [4.78, 5) is 12.1. The van der Waals surface area contributed by atoms with E-state index in [4.69, 9.17) is 5.73 Å². The minimum absolute atomic E-state index is 0.0135. The number of carbonyl (C=O) groups is 1. The number of amides is 1. The van der Waals surface area contributed by atoms with E-state index in [-0.39, 0.29) is 11.9 Å². The van der Waals surface area contributed by atoms with E-state index in [2.05, 4.69) is 12.2 Å². The van der Waals surface area contributed by atoms with Crippen LogP contribution >= 0.6 is 0 Å². The Hall–Kier alpha value is -1.51. The van der Waals surface area contributed by atoms with Crippen molar-refractivity contribution in [3.8, 4) is 0 Å². The van der Waals surface area contributed by atoms with Crippen molar-refractivity contribution < 1.29 is 4.79 Å². The number of hydrogen-bond donors (Lipinski definition) is 2. The lowest BCUT2D eigenvalue weighted by Gasteiger charge is -2.28. The third-order valence-electron chi connectivity index (χ3n) is 3.86. The summed E-state index contributed by atoms with van der Waals surface area (Å²) in [5.41, 5.74) is 6.97. The highest BCUT2D eigenvalue weighted by Crippen LogP contribution is 2.26. The largest absolute Gasteiger partial charge is 0.399 e. The summed E-state index contributed by atoms with van der Waals surface area (Å²) < 4.78 is 0. The van der Waals surface area contributed by atoms with Crippen LogP contribution in [-0.4, -0.2) is 11.9 Å². The summed E-state index contributed by atoms with van der Waals surface area (Å²) in [5.74, 6) is 0.615. The lowest BCUT2D eigenvalue weighted by atomic mass is 9.84. The van der Waals surface area contributed by atoms with E-state index in [1.54, 1.807) is 18.2 Å². The first-order chi connectivity index (χ1) is 8.66. The average Bonchev–Trinajstić information content (AvgIpc) is 2.39. The smallest absolute Gasteiger partial charge is 0.251 e. The van der Waals surface area contributed by atoms with Gasteiger partial charge in [-0.05, 0) is 43.9 Å². The van der Waals surface area contributed by atoms with Gasteiger partial charge in [-0.3, -0.25) is 4.79 Å². The van der Waals surface area contributed by atoms with Crippen molar-refractivity contribution in [2.75, 3.05) is 5.73 Å². The molecule has 2 rings (SSSR count). The Morgan fingerprint density at radius 2 is 2.06 bits per heavy atom. The molecule has 1 aromatic rings. The molecule has 0 bridgehead atoms. The van der Waals surface area contributed by atoms with Crippen molar-refractivity contribution in [2.45, 2.75) is 45.1 Å². The minimum atomic E-state index is -0.0135. The van der Waals surface area contributed by atoms with Crippen LogP contribution in [0.1, 0.15) is 49.4 Å². The number of nitrogens with two attached hydrogens (primary N) is 1. The quantitative estimate of drug-likeness (QED) is 0.806. The Morgan fingerprint density at radius 1 is 1.33 bits per heavy atom. The summed E-state index contributed by atoms with van der Waals surface area (Å²) in [6, 6.07) is 7.39. The zero-order valence-corrected chi connectivity index (χ0v) is 11.0. The van der Waals surface area contributed by atoms with Gasteiger partial charge in [0.1, 0.15) is 0 Å². The van der Waals surface area contributed by atoms with Gasteiger partial charge < -0.3 is 11.1 Å². The molecule has 0 aromatic heterocycles. The highest BCUT2D eigenvalue weighted by atomic mass is 16.1. The number of anilines is 1. The van der Waals surface area contributed by atoms with Crippen LogP contribution < -0.4 is 11.1 Å². The Bertz CT molecular complexity index is 411. The number of hydrogen-bond acceptors (Lipinski definition) is 2. The number of nitrogens with one attached hydrogen (secondary N) is 1. The molecule has 0 spiro atoms. The average molecular weight is 246 g/mol. The van der Waals surface area contributed by atoms with Crippen LogP contribution in [0.2, 0.25) is 0 Å². The molecule has 1 amide bonds. The number of benzene rings is 1. The van der Waals surface area contributed by atoms with Gasteiger partial charge in [-0.2, -0.15) is 0 Å². The summed E-state index contributed by atoms with van der Waals surface area (Å²) in [5, 5.41) is 3.10. The van der Waals surface area contributed by atoms with E-state index >= 15 is 0 Å². The van der Waals surface area contributed by atoms with Gasteiger partial charge in [0, 0.05) is 17.3 Å². The molecule has 0 unspecified atom stereocenters. The van der Waals surface area contributed by atoms with Gasteiger partial charge in [0.2, 0.25) is 0 Å². The molecule has 1 saturated carbocycles. The lowest BCUT2D eigenvalue weighted by Crippen LogP contribution is -2.38. The predicted octanol–water partition coefficient (Wildman–Crippen LogP) is 2.97. The molecule has 0 aliphatic heterocycles. The van der Waals surface area contributed by atoms with Crippen molar-refractivity contribution in [2.24, 2.45) is 5.92 Å². The predicted molar refractivity (Wildman–Crippen MR) is 74.4 cm³/mol. The highest BCUT2D eigenvalue weighted by Gasteiger charge is 2.21. The summed E-state index contributed by atoms with van der Waals surface area (Å²) >= 11 is 0. The second kappa shape index (κ2) is 5.89. The maximum absolute atomic E-state index is 12.1. The van der Waals surface area contributed by atoms with Crippen LogP contribution in [0.15, 0.2) is 24.3 Å². The Kier molecular flexibility index (Phi) is 4.24.